The summed E-state index contributed by atoms with van der Waals surface area (Å²) in [7, 11) is 0.0418. The van der Waals surface area contributed by atoms with Crippen LogP contribution in [0, 0.1) is 0 Å². The third kappa shape index (κ3) is 1.76. The summed E-state index contributed by atoms with van der Waals surface area (Å²) in [5, 5.41) is -1.74. The molecule has 0 spiro atoms. The molecule has 1 nitrogen and oxygen atoms in total. The smallest absolute Gasteiger partial charge is 0.370 e. The molecule has 1 fully saturated rings. The number of rotatable bonds is 0. The van der Waals surface area contributed by atoms with Gasteiger partial charge in [0.2, 0.25) is 0 Å². The molecule has 1 aliphatic heterocycles. The monoisotopic (exact) mass is 184 g/mol. The van der Waals surface area contributed by atoms with Crippen molar-refractivity contribution < 1.29 is 17.9 Å². The van der Waals surface area contributed by atoms with E-state index in [2.05, 4.69) is 0 Å². The van der Waals surface area contributed by atoms with Crippen molar-refractivity contribution in [3.63, 3.8) is 0 Å². The minimum absolute atomic E-state index is 0.0418. The van der Waals surface area contributed by atoms with Crippen LogP contribution in [-0.2, 0) is 4.74 Å². The molecule has 1 rings (SSSR count). The van der Waals surface area contributed by atoms with E-state index in [-0.39, 0.29) is 23.3 Å². The molecule has 1 aliphatic rings. The third-order valence-electron chi connectivity index (χ3n) is 2.07. The van der Waals surface area contributed by atoms with Crippen LogP contribution in [0.15, 0.2) is 0 Å². The molecule has 0 N–H and O–H groups in total. The van der Waals surface area contributed by atoms with E-state index >= 15 is 0 Å². The molecular formula is C6H11F3OSi. The summed E-state index contributed by atoms with van der Waals surface area (Å²) in [6.45, 7) is 0.267. The van der Waals surface area contributed by atoms with Crippen LogP contribution >= 0.6 is 0 Å². The molecule has 1 heterocycles. The van der Waals surface area contributed by atoms with Crippen molar-refractivity contribution in [3.8, 4) is 0 Å². The molecule has 0 aromatic heterocycles. The normalized spacial score (nSPS) is 34.1. The third-order valence-corrected chi connectivity index (χ3v) is 3.42. The summed E-state index contributed by atoms with van der Waals surface area (Å²) < 4.78 is 41.5. The second-order valence-electron chi connectivity index (χ2n) is 3.03. The largest absolute Gasteiger partial charge is 0.413 e. The number of hydrogen-bond donors (Lipinski definition) is 0. The van der Waals surface area contributed by atoms with Crippen molar-refractivity contribution >= 4 is 10.2 Å². The van der Waals surface area contributed by atoms with Crippen LogP contribution in [0.4, 0.5) is 13.2 Å². The van der Waals surface area contributed by atoms with Crippen molar-refractivity contribution in [3.05, 3.63) is 0 Å². The second kappa shape index (κ2) is 2.78. The minimum atomic E-state index is -4.15. The zero-order valence-electron chi connectivity index (χ0n) is 6.37. The van der Waals surface area contributed by atoms with Crippen LogP contribution < -0.4 is 0 Å². The van der Waals surface area contributed by atoms with Gasteiger partial charge in [0.25, 0.3) is 0 Å². The van der Waals surface area contributed by atoms with Gasteiger partial charge >= 0.3 is 6.18 Å². The maximum atomic E-state index is 12.2. The van der Waals surface area contributed by atoms with E-state index in [1.54, 1.807) is 0 Å². The van der Waals surface area contributed by atoms with Gasteiger partial charge < -0.3 is 4.74 Å². The van der Waals surface area contributed by atoms with Gasteiger partial charge in [0.15, 0.2) is 0 Å². The van der Waals surface area contributed by atoms with Crippen molar-refractivity contribution in [1.29, 1.82) is 0 Å². The number of hydrogen-bond acceptors (Lipinski definition) is 1. The van der Waals surface area contributed by atoms with Gasteiger partial charge in [0.05, 0.1) is 10.2 Å². The van der Waals surface area contributed by atoms with Gasteiger partial charge in [-0.05, 0) is 19.3 Å². The lowest BCUT2D eigenvalue weighted by molar-refractivity contribution is -0.252. The summed E-state index contributed by atoms with van der Waals surface area (Å²) in [5.41, 5.74) is 0. The Morgan fingerprint density at radius 2 is 1.91 bits per heavy atom. The summed E-state index contributed by atoms with van der Waals surface area (Å²) in [5.74, 6) is 0. The molecule has 0 radical (unpaired) electrons. The van der Waals surface area contributed by atoms with Crippen LogP contribution in [0.2, 0.25) is 0 Å². The highest BCUT2D eigenvalue weighted by Gasteiger charge is 2.52. The number of halogens is 3. The van der Waals surface area contributed by atoms with Gasteiger partial charge in [-0.25, -0.2) is 0 Å². The Hall–Kier alpha value is -0.0331. The highest BCUT2D eigenvalue weighted by Crippen LogP contribution is 2.37. The first-order valence-electron chi connectivity index (χ1n) is 3.66. The average molecular weight is 184 g/mol. The molecule has 0 saturated carbocycles. The first-order valence-corrected chi connectivity index (χ1v) is 4.66. The zero-order chi connectivity index (χ0) is 8.54. The quantitative estimate of drug-likeness (QED) is 0.506. The second-order valence-corrected chi connectivity index (χ2v) is 4.65. The molecule has 1 saturated heterocycles. The van der Waals surface area contributed by atoms with E-state index in [9.17, 15) is 13.2 Å². The molecule has 0 bridgehead atoms. The highest BCUT2D eigenvalue weighted by molar-refractivity contribution is 6.15. The summed E-state index contributed by atoms with van der Waals surface area (Å²) in [4.78, 5) is 0. The van der Waals surface area contributed by atoms with Crippen LogP contribution in [0.25, 0.3) is 0 Å². The highest BCUT2D eigenvalue weighted by atomic mass is 28.1. The molecule has 0 amide bonds. The molecule has 0 aliphatic carbocycles. The fourth-order valence-corrected chi connectivity index (χ4v) is 1.72. The van der Waals surface area contributed by atoms with Crippen LogP contribution in [0.1, 0.15) is 19.3 Å². The summed E-state index contributed by atoms with van der Waals surface area (Å²) >= 11 is 0. The van der Waals surface area contributed by atoms with Gasteiger partial charge in [-0.3, -0.25) is 0 Å². The van der Waals surface area contributed by atoms with E-state index < -0.39 is 11.4 Å². The van der Waals surface area contributed by atoms with E-state index in [1.165, 1.54) is 0 Å². The van der Waals surface area contributed by atoms with Crippen LogP contribution in [-0.4, -0.2) is 28.2 Å². The van der Waals surface area contributed by atoms with Crippen molar-refractivity contribution in [2.24, 2.45) is 0 Å². The zero-order valence-corrected chi connectivity index (χ0v) is 8.37. The van der Waals surface area contributed by atoms with Crippen molar-refractivity contribution in [2.45, 2.75) is 30.7 Å². The van der Waals surface area contributed by atoms with Crippen molar-refractivity contribution in [2.75, 3.05) is 6.61 Å². The van der Waals surface area contributed by atoms with E-state index in [0.717, 1.165) is 6.42 Å². The maximum absolute atomic E-state index is 12.2. The number of ether oxygens (including phenoxy) is 1. The van der Waals surface area contributed by atoms with Crippen molar-refractivity contribution in [1.82, 2.24) is 0 Å². The summed E-state index contributed by atoms with van der Waals surface area (Å²) in [6, 6.07) is 0. The Morgan fingerprint density at radius 3 is 2.18 bits per heavy atom. The van der Waals surface area contributed by atoms with E-state index in [1.807, 2.05) is 0 Å². The van der Waals surface area contributed by atoms with E-state index in [0.29, 0.717) is 6.42 Å². The lowest BCUT2D eigenvalue weighted by Gasteiger charge is -2.35. The summed E-state index contributed by atoms with van der Waals surface area (Å²) in [6.07, 6.45) is -2.59. The Labute approximate surface area is 66.3 Å². The first kappa shape index (κ1) is 9.06. The SMILES string of the molecule is FC(F)(F)C1([SiH3])CCCCO1. The molecule has 11 heavy (non-hydrogen) atoms. The van der Waals surface area contributed by atoms with Gasteiger partial charge in [-0.2, -0.15) is 13.2 Å². The predicted octanol–water partition coefficient (Wildman–Crippen LogP) is 0.811. The van der Waals surface area contributed by atoms with E-state index in [4.69, 9.17) is 4.74 Å². The van der Waals surface area contributed by atoms with Crippen LogP contribution in [0.5, 0.6) is 0 Å². The topological polar surface area (TPSA) is 9.23 Å². The molecule has 1 atom stereocenters. The van der Waals surface area contributed by atoms with Gasteiger partial charge in [0.1, 0.15) is 5.22 Å². The molecular weight excluding hydrogens is 173 g/mol. The molecule has 0 aromatic rings. The number of alkyl halides is 3. The van der Waals surface area contributed by atoms with Gasteiger partial charge in [0, 0.05) is 6.61 Å². The molecule has 66 valence electrons. The van der Waals surface area contributed by atoms with Gasteiger partial charge in [-0.1, -0.05) is 0 Å². The molecule has 5 heteroatoms. The minimum Gasteiger partial charge on any atom is -0.370 e. The Kier molecular flexibility index (Phi) is 2.29. The lowest BCUT2D eigenvalue weighted by Crippen LogP contribution is -2.50. The fourth-order valence-electron chi connectivity index (χ4n) is 1.16. The first-order chi connectivity index (χ1) is 4.96. The fraction of sp³-hybridized carbons (Fsp3) is 1.00. The average Bonchev–Trinajstić information content (AvgIpc) is 1.87. The molecule has 1 unspecified atom stereocenters. The van der Waals surface area contributed by atoms with Gasteiger partial charge in [-0.15, -0.1) is 0 Å². The maximum Gasteiger partial charge on any atom is 0.413 e. The predicted molar refractivity (Wildman–Crippen MR) is 38.5 cm³/mol. The van der Waals surface area contributed by atoms with Crippen LogP contribution in [0.3, 0.4) is 0 Å². The Morgan fingerprint density at radius 1 is 1.27 bits per heavy atom. The Bertz CT molecular complexity index is 139. The lowest BCUT2D eigenvalue weighted by atomic mass is 10.1. The Balaban J connectivity index is 2.64. The molecule has 0 aromatic carbocycles. The standard InChI is InChI=1S/C6H11F3OSi/c7-6(8,9)5(11)3-1-2-4-10-5/h1-4H2,11H3.